The number of benzene rings is 1. The minimum absolute atomic E-state index is 0.0574. The van der Waals surface area contributed by atoms with Gasteiger partial charge in [-0.15, -0.1) is 0 Å². The van der Waals surface area contributed by atoms with Crippen LogP contribution in [0.5, 0.6) is 0 Å². The van der Waals surface area contributed by atoms with Crippen molar-refractivity contribution in [1.82, 2.24) is 25.2 Å². The van der Waals surface area contributed by atoms with Crippen molar-refractivity contribution in [2.24, 2.45) is 0 Å². The molecule has 5 heterocycles. The molecule has 3 aromatic rings. The van der Waals surface area contributed by atoms with E-state index in [4.69, 9.17) is 9.72 Å². The number of carbonyl (C=O) groups excluding carboxylic acids is 1. The normalized spacial score (nSPS) is 20.6. The number of pyridine rings is 1. The van der Waals surface area contributed by atoms with Gasteiger partial charge in [-0.3, -0.25) is 0 Å². The summed E-state index contributed by atoms with van der Waals surface area (Å²) >= 11 is 0. The maximum Gasteiger partial charge on any atom is 0.317 e. The second kappa shape index (κ2) is 10.4. The van der Waals surface area contributed by atoms with E-state index in [0.717, 1.165) is 68.6 Å². The summed E-state index contributed by atoms with van der Waals surface area (Å²) in [6.45, 7) is 9.60. The van der Waals surface area contributed by atoms with E-state index in [0.29, 0.717) is 18.5 Å². The summed E-state index contributed by atoms with van der Waals surface area (Å²) in [6.07, 6.45) is 4.66. The summed E-state index contributed by atoms with van der Waals surface area (Å²) < 4.78 is 5.44. The topological polar surface area (TPSA) is 98.8 Å². The molecule has 3 aliphatic rings. The molecule has 10 heteroatoms. The minimum Gasteiger partial charge on any atom is -0.378 e. The van der Waals surface area contributed by atoms with E-state index in [9.17, 15) is 4.79 Å². The number of nitrogens with zero attached hydrogens (tertiary/aromatic N) is 6. The second-order valence-corrected chi connectivity index (χ2v) is 10.1. The Morgan fingerprint density at radius 2 is 1.95 bits per heavy atom. The van der Waals surface area contributed by atoms with E-state index in [1.54, 1.807) is 6.20 Å². The lowest BCUT2D eigenvalue weighted by molar-refractivity contribution is 0.122. The highest BCUT2D eigenvalue weighted by Gasteiger charge is 2.45. The number of aromatic nitrogens is 3. The van der Waals surface area contributed by atoms with Crippen molar-refractivity contribution in [2.75, 3.05) is 61.1 Å². The number of hydrogen-bond donors (Lipinski definition) is 2. The van der Waals surface area contributed by atoms with Crippen LogP contribution < -0.4 is 20.4 Å². The summed E-state index contributed by atoms with van der Waals surface area (Å²) in [4.78, 5) is 32.8. The van der Waals surface area contributed by atoms with Crippen molar-refractivity contribution < 1.29 is 9.53 Å². The summed E-state index contributed by atoms with van der Waals surface area (Å²) in [5.41, 5.74) is 5.12. The summed E-state index contributed by atoms with van der Waals surface area (Å²) in [7, 11) is 0. The summed E-state index contributed by atoms with van der Waals surface area (Å²) in [5.74, 6) is 1.51. The van der Waals surface area contributed by atoms with Crippen LogP contribution in [-0.4, -0.2) is 83.9 Å². The Balaban J connectivity index is 1.12. The molecule has 0 aliphatic carbocycles. The molecule has 1 aromatic carbocycles. The van der Waals surface area contributed by atoms with Gasteiger partial charge in [0, 0.05) is 68.1 Å². The van der Waals surface area contributed by atoms with Crippen LogP contribution in [0.25, 0.3) is 11.3 Å². The molecule has 2 N–H and O–H groups in total. The molecular weight excluding hydrogens is 480 g/mol. The van der Waals surface area contributed by atoms with Gasteiger partial charge in [-0.2, -0.15) is 0 Å². The number of rotatable bonds is 6. The quantitative estimate of drug-likeness (QED) is 0.516. The van der Waals surface area contributed by atoms with Gasteiger partial charge >= 0.3 is 6.03 Å². The van der Waals surface area contributed by atoms with Crippen molar-refractivity contribution in [3.8, 4) is 11.3 Å². The SMILES string of the molecule is CCNC(=O)N1CC2CC1CN2c1ccc(Nc2nccc(-c3ccc(N4CCOCC4)nc3)n2)cc1C. The van der Waals surface area contributed by atoms with Gasteiger partial charge in [-0.25, -0.2) is 19.7 Å². The Morgan fingerprint density at radius 3 is 2.66 bits per heavy atom. The lowest BCUT2D eigenvalue weighted by Gasteiger charge is -2.36. The Bertz CT molecular complexity index is 1290. The van der Waals surface area contributed by atoms with E-state index >= 15 is 0 Å². The predicted molar refractivity (Wildman–Crippen MR) is 148 cm³/mol. The fourth-order valence-corrected chi connectivity index (χ4v) is 5.74. The van der Waals surface area contributed by atoms with Crippen molar-refractivity contribution in [3.05, 3.63) is 54.4 Å². The lowest BCUT2D eigenvalue weighted by atomic mass is 10.1. The van der Waals surface area contributed by atoms with E-state index < -0.39 is 0 Å². The Labute approximate surface area is 223 Å². The predicted octanol–water partition coefficient (Wildman–Crippen LogP) is 3.42. The zero-order valence-corrected chi connectivity index (χ0v) is 21.9. The first-order chi connectivity index (χ1) is 18.6. The molecule has 2 bridgehead atoms. The van der Waals surface area contributed by atoms with Crippen LogP contribution in [0, 0.1) is 6.92 Å². The number of likely N-dealkylation sites (tertiary alicyclic amines) is 1. The molecule has 2 aromatic heterocycles. The van der Waals surface area contributed by atoms with Crippen LogP contribution in [0.2, 0.25) is 0 Å². The number of morpholine rings is 1. The average Bonchev–Trinajstić information content (AvgIpc) is 3.56. The van der Waals surface area contributed by atoms with E-state index in [2.05, 4.69) is 61.6 Å². The van der Waals surface area contributed by atoms with Crippen LogP contribution in [0.15, 0.2) is 48.8 Å². The maximum atomic E-state index is 12.3. The van der Waals surface area contributed by atoms with Crippen LogP contribution in [0.4, 0.5) is 27.9 Å². The Hall–Kier alpha value is -3.92. The molecule has 2 amide bonds. The largest absolute Gasteiger partial charge is 0.378 e. The maximum absolute atomic E-state index is 12.3. The highest BCUT2D eigenvalue weighted by molar-refractivity contribution is 5.76. The summed E-state index contributed by atoms with van der Waals surface area (Å²) in [5, 5.41) is 6.30. The number of aryl methyl sites for hydroxylation is 1. The van der Waals surface area contributed by atoms with E-state index in [1.807, 2.05) is 30.2 Å². The van der Waals surface area contributed by atoms with Gasteiger partial charge in [-0.05, 0) is 62.2 Å². The molecule has 198 valence electrons. The monoisotopic (exact) mass is 514 g/mol. The van der Waals surface area contributed by atoms with Crippen molar-refractivity contribution >= 4 is 29.2 Å². The second-order valence-electron chi connectivity index (χ2n) is 10.1. The van der Waals surface area contributed by atoms with Gasteiger partial charge in [-0.1, -0.05) is 0 Å². The van der Waals surface area contributed by atoms with Gasteiger partial charge in [0.25, 0.3) is 0 Å². The summed E-state index contributed by atoms with van der Waals surface area (Å²) in [6, 6.07) is 13.1. The number of anilines is 4. The van der Waals surface area contributed by atoms with Crippen molar-refractivity contribution in [2.45, 2.75) is 32.4 Å². The van der Waals surface area contributed by atoms with Gasteiger partial charge in [0.05, 0.1) is 24.9 Å². The number of amides is 2. The smallest absolute Gasteiger partial charge is 0.317 e. The van der Waals surface area contributed by atoms with Crippen LogP contribution in [0.3, 0.4) is 0 Å². The Morgan fingerprint density at radius 1 is 1.08 bits per heavy atom. The van der Waals surface area contributed by atoms with Crippen LogP contribution in [-0.2, 0) is 4.74 Å². The standard InChI is InChI=1S/C28H34N8O2/c1-3-29-28(37)36-18-22-15-23(36)17-35(22)25-6-5-21(14-19(25)2)32-27-30-9-8-24(33-27)20-4-7-26(31-16-20)34-10-12-38-13-11-34/h4-9,14,16,22-23H,3,10-13,15,17-18H2,1-2H3,(H,29,37)(H,30,32,33). The van der Waals surface area contributed by atoms with Gasteiger partial charge in [0.2, 0.25) is 5.95 Å². The zero-order valence-electron chi connectivity index (χ0n) is 21.9. The number of piperazine rings is 1. The third-order valence-corrected chi connectivity index (χ3v) is 7.63. The zero-order chi connectivity index (χ0) is 26.1. The first-order valence-electron chi connectivity index (χ1n) is 13.4. The molecule has 0 saturated carbocycles. The van der Waals surface area contributed by atoms with E-state index in [-0.39, 0.29) is 12.1 Å². The Kier molecular flexibility index (Phi) is 6.71. The minimum atomic E-state index is 0.0574. The average molecular weight is 515 g/mol. The third-order valence-electron chi connectivity index (χ3n) is 7.63. The molecule has 3 aliphatic heterocycles. The number of hydrogen-bond acceptors (Lipinski definition) is 8. The highest BCUT2D eigenvalue weighted by atomic mass is 16.5. The molecule has 10 nitrogen and oxygen atoms in total. The van der Waals surface area contributed by atoms with Gasteiger partial charge in [0.15, 0.2) is 0 Å². The number of ether oxygens (including phenoxy) is 1. The molecule has 3 fully saturated rings. The van der Waals surface area contributed by atoms with Crippen LogP contribution in [0.1, 0.15) is 18.9 Å². The third kappa shape index (κ3) is 4.83. The molecule has 2 atom stereocenters. The number of fused-ring (bicyclic) bond motifs is 2. The molecule has 2 unspecified atom stereocenters. The first-order valence-corrected chi connectivity index (χ1v) is 13.4. The van der Waals surface area contributed by atoms with E-state index in [1.165, 1.54) is 11.3 Å². The molecular formula is C28H34N8O2. The molecule has 0 radical (unpaired) electrons. The first kappa shape index (κ1) is 24.4. The van der Waals surface area contributed by atoms with Crippen LogP contribution >= 0.6 is 0 Å². The fraction of sp³-hybridized carbons (Fsp3) is 0.429. The fourth-order valence-electron chi connectivity index (χ4n) is 5.74. The number of carbonyl (C=O) groups is 1. The van der Waals surface area contributed by atoms with Crippen molar-refractivity contribution in [3.63, 3.8) is 0 Å². The number of nitrogens with one attached hydrogen (secondary N) is 2. The lowest BCUT2D eigenvalue weighted by Crippen LogP contribution is -2.52. The molecule has 3 saturated heterocycles. The highest BCUT2D eigenvalue weighted by Crippen LogP contribution is 2.37. The molecule has 0 spiro atoms. The molecule has 6 rings (SSSR count). The van der Waals surface area contributed by atoms with Gasteiger partial charge < -0.3 is 30.1 Å². The van der Waals surface area contributed by atoms with Gasteiger partial charge in [0.1, 0.15) is 5.82 Å². The van der Waals surface area contributed by atoms with Crippen molar-refractivity contribution in [1.29, 1.82) is 0 Å². The number of urea groups is 1. The molecule has 38 heavy (non-hydrogen) atoms.